The Morgan fingerprint density at radius 1 is 1.36 bits per heavy atom. The number of rotatable bonds is 5. The van der Waals surface area contributed by atoms with E-state index < -0.39 is 5.82 Å². The fourth-order valence-electron chi connectivity index (χ4n) is 3.25. The number of carbonyl (C=O) groups is 1. The highest BCUT2D eigenvalue weighted by molar-refractivity contribution is 6.33. The SMILES string of the molecule is C[C@H]1C[C@H](C)CN(CCCNC(=O)c2ccc(F)cc2Cl)C1. The van der Waals surface area contributed by atoms with Gasteiger partial charge in [0.05, 0.1) is 10.6 Å². The predicted molar refractivity (Wildman–Crippen MR) is 87.7 cm³/mol. The predicted octanol–water partition coefficient (Wildman–Crippen LogP) is 3.58. The van der Waals surface area contributed by atoms with E-state index in [1.165, 1.54) is 18.6 Å². The van der Waals surface area contributed by atoms with E-state index in [1.54, 1.807) is 0 Å². The number of amides is 1. The molecule has 1 N–H and O–H groups in total. The smallest absolute Gasteiger partial charge is 0.252 e. The Balaban J connectivity index is 1.73. The molecule has 0 aromatic heterocycles. The number of benzene rings is 1. The lowest BCUT2D eigenvalue weighted by atomic mass is 9.92. The van der Waals surface area contributed by atoms with Gasteiger partial charge in [0, 0.05) is 19.6 Å². The third-order valence-electron chi connectivity index (χ3n) is 4.06. The molecule has 1 aliphatic rings. The average Bonchev–Trinajstić information content (AvgIpc) is 2.42. The van der Waals surface area contributed by atoms with Crippen molar-refractivity contribution in [2.75, 3.05) is 26.2 Å². The van der Waals surface area contributed by atoms with E-state index in [0.29, 0.717) is 12.1 Å². The lowest BCUT2D eigenvalue weighted by Crippen LogP contribution is -2.40. The first-order valence-corrected chi connectivity index (χ1v) is 8.29. The number of hydrogen-bond donors (Lipinski definition) is 1. The molecule has 1 fully saturated rings. The Hall–Kier alpha value is -1.13. The molecule has 0 aliphatic carbocycles. The highest BCUT2D eigenvalue weighted by atomic mass is 35.5. The summed E-state index contributed by atoms with van der Waals surface area (Å²) < 4.78 is 13.0. The largest absolute Gasteiger partial charge is 0.352 e. The van der Waals surface area contributed by atoms with Crippen LogP contribution >= 0.6 is 11.6 Å². The van der Waals surface area contributed by atoms with E-state index in [2.05, 4.69) is 24.1 Å². The number of hydrogen-bond acceptors (Lipinski definition) is 2. The molecule has 5 heteroatoms. The Morgan fingerprint density at radius 3 is 2.68 bits per heavy atom. The third-order valence-corrected chi connectivity index (χ3v) is 4.37. The van der Waals surface area contributed by atoms with E-state index in [9.17, 15) is 9.18 Å². The summed E-state index contributed by atoms with van der Waals surface area (Å²) in [4.78, 5) is 14.5. The molecule has 22 heavy (non-hydrogen) atoms. The quantitative estimate of drug-likeness (QED) is 0.839. The number of piperidine rings is 1. The van der Waals surface area contributed by atoms with Gasteiger partial charge in [-0.05, 0) is 49.4 Å². The van der Waals surface area contributed by atoms with E-state index in [-0.39, 0.29) is 10.9 Å². The van der Waals surface area contributed by atoms with E-state index in [0.717, 1.165) is 44.0 Å². The fourth-order valence-corrected chi connectivity index (χ4v) is 3.50. The average molecular weight is 327 g/mol. The number of nitrogens with zero attached hydrogens (tertiary/aromatic N) is 1. The van der Waals surface area contributed by atoms with Crippen molar-refractivity contribution in [3.05, 3.63) is 34.6 Å². The van der Waals surface area contributed by atoms with Gasteiger partial charge < -0.3 is 10.2 Å². The summed E-state index contributed by atoms with van der Waals surface area (Å²) in [6.07, 6.45) is 2.21. The number of likely N-dealkylation sites (tertiary alicyclic amines) is 1. The first kappa shape index (κ1) is 17.2. The first-order chi connectivity index (χ1) is 10.5. The molecule has 1 aliphatic heterocycles. The van der Waals surface area contributed by atoms with Crippen LogP contribution in [0.5, 0.6) is 0 Å². The summed E-state index contributed by atoms with van der Waals surface area (Å²) in [6.45, 7) is 8.46. The standard InChI is InChI=1S/C17H24ClFN2O/c1-12-8-13(2)11-21(10-12)7-3-6-20-17(22)15-5-4-14(19)9-16(15)18/h4-5,9,12-13H,3,6-8,10-11H2,1-2H3,(H,20,22)/t12-,13-/m0/s1. The topological polar surface area (TPSA) is 32.3 Å². The maximum absolute atomic E-state index is 13.0. The Morgan fingerprint density at radius 2 is 2.05 bits per heavy atom. The molecule has 0 radical (unpaired) electrons. The van der Waals surface area contributed by atoms with E-state index in [4.69, 9.17) is 11.6 Å². The van der Waals surface area contributed by atoms with Crippen molar-refractivity contribution in [3.8, 4) is 0 Å². The second-order valence-electron chi connectivity index (χ2n) is 6.44. The molecular formula is C17H24ClFN2O. The van der Waals surface area contributed by atoms with Crippen LogP contribution in [0.25, 0.3) is 0 Å². The Kier molecular flexibility index (Phi) is 6.21. The van der Waals surface area contributed by atoms with Crippen LogP contribution in [0, 0.1) is 17.7 Å². The third kappa shape index (κ3) is 4.96. The van der Waals surface area contributed by atoms with Crippen molar-refractivity contribution in [2.45, 2.75) is 26.7 Å². The molecule has 2 rings (SSSR count). The molecule has 0 bridgehead atoms. The van der Waals surface area contributed by atoms with E-state index in [1.807, 2.05) is 0 Å². The molecule has 1 heterocycles. The summed E-state index contributed by atoms with van der Waals surface area (Å²) in [5.41, 5.74) is 0.322. The molecule has 122 valence electrons. The van der Waals surface area contributed by atoms with Crippen LogP contribution in [0.2, 0.25) is 5.02 Å². The fraction of sp³-hybridized carbons (Fsp3) is 0.588. The summed E-state index contributed by atoms with van der Waals surface area (Å²) in [5.74, 6) is 0.813. The van der Waals surface area contributed by atoms with Gasteiger partial charge in [0.2, 0.25) is 0 Å². The summed E-state index contributed by atoms with van der Waals surface area (Å²) in [5, 5.41) is 3.00. The zero-order chi connectivity index (χ0) is 16.1. The number of carbonyl (C=O) groups excluding carboxylic acids is 1. The van der Waals surface area contributed by atoms with Gasteiger partial charge >= 0.3 is 0 Å². The lowest BCUT2D eigenvalue weighted by molar-refractivity contribution is 0.0947. The molecular weight excluding hydrogens is 303 g/mol. The van der Waals surface area contributed by atoms with Crippen molar-refractivity contribution in [3.63, 3.8) is 0 Å². The van der Waals surface area contributed by atoms with Crippen LogP contribution in [0.4, 0.5) is 4.39 Å². The van der Waals surface area contributed by atoms with Gasteiger partial charge in [-0.25, -0.2) is 4.39 Å². The highest BCUT2D eigenvalue weighted by Gasteiger charge is 2.21. The normalized spacial score (nSPS) is 22.5. The number of halogens is 2. The molecule has 0 saturated carbocycles. The van der Waals surface area contributed by atoms with Gasteiger partial charge in [0.15, 0.2) is 0 Å². The van der Waals surface area contributed by atoms with Gasteiger partial charge in [-0.3, -0.25) is 4.79 Å². The van der Waals surface area contributed by atoms with Crippen molar-refractivity contribution in [2.24, 2.45) is 11.8 Å². The minimum Gasteiger partial charge on any atom is -0.352 e. The van der Waals surface area contributed by atoms with E-state index >= 15 is 0 Å². The lowest BCUT2D eigenvalue weighted by Gasteiger charge is -2.34. The van der Waals surface area contributed by atoms with Crippen LogP contribution in [-0.4, -0.2) is 37.0 Å². The molecule has 2 atom stereocenters. The van der Waals surface area contributed by atoms with Gasteiger partial charge in [0.25, 0.3) is 5.91 Å². The molecule has 1 amide bonds. The molecule has 0 unspecified atom stereocenters. The van der Waals surface area contributed by atoms with Gasteiger partial charge in [-0.15, -0.1) is 0 Å². The highest BCUT2D eigenvalue weighted by Crippen LogP contribution is 2.21. The van der Waals surface area contributed by atoms with Crippen molar-refractivity contribution < 1.29 is 9.18 Å². The second-order valence-corrected chi connectivity index (χ2v) is 6.85. The van der Waals surface area contributed by atoms with Gasteiger partial charge in [0.1, 0.15) is 5.82 Å². The molecule has 3 nitrogen and oxygen atoms in total. The summed E-state index contributed by atoms with van der Waals surface area (Å²) in [7, 11) is 0. The van der Waals surface area contributed by atoms with Crippen LogP contribution in [0.15, 0.2) is 18.2 Å². The van der Waals surface area contributed by atoms with Crippen molar-refractivity contribution in [1.82, 2.24) is 10.2 Å². The maximum Gasteiger partial charge on any atom is 0.252 e. The maximum atomic E-state index is 13.0. The Bertz CT molecular complexity index is 513. The van der Waals surface area contributed by atoms with Crippen LogP contribution in [0.1, 0.15) is 37.0 Å². The van der Waals surface area contributed by atoms with Crippen LogP contribution in [-0.2, 0) is 0 Å². The minimum atomic E-state index is -0.435. The Labute approximate surface area is 136 Å². The van der Waals surface area contributed by atoms with Gasteiger partial charge in [-0.1, -0.05) is 25.4 Å². The minimum absolute atomic E-state index is 0.149. The summed E-state index contributed by atoms with van der Waals surface area (Å²) in [6, 6.07) is 3.82. The number of nitrogens with one attached hydrogen (secondary N) is 1. The van der Waals surface area contributed by atoms with Crippen LogP contribution in [0.3, 0.4) is 0 Å². The van der Waals surface area contributed by atoms with Crippen molar-refractivity contribution >= 4 is 17.5 Å². The van der Waals surface area contributed by atoms with Crippen molar-refractivity contribution in [1.29, 1.82) is 0 Å². The monoisotopic (exact) mass is 326 g/mol. The molecule has 1 saturated heterocycles. The zero-order valence-electron chi connectivity index (χ0n) is 13.2. The summed E-state index contributed by atoms with van der Waals surface area (Å²) >= 11 is 5.88. The van der Waals surface area contributed by atoms with Gasteiger partial charge in [-0.2, -0.15) is 0 Å². The zero-order valence-corrected chi connectivity index (χ0v) is 14.0. The molecule has 1 aromatic carbocycles. The second kappa shape index (κ2) is 7.93. The molecule has 1 aromatic rings. The molecule has 0 spiro atoms. The van der Waals surface area contributed by atoms with Crippen LogP contribution < -0.4 is 5.32 Å². The first-order valence-electron chi connectivity index (χ1n) is 7.91.